The molecule has 0 aliphatic heterocycles. The number of ketones is 1. The van der Waals surface area contributed by atoms with Gasteiger partial charge < -0.3 is 10.6 Å². The summed E-state index contributed by atoms with van der Waals surface area (Å²) in [6, 6.07) is 15.1. The molecule has 1 amide bonds. The smallest absolute Gasteiger partial charge is 0.251 e. The first kappa shape index (κ1) is 20.4. The molecule has 0 unspecified atom stereocenters. The molecule has 0 bridgehead atoms. The number of carbonyl (C=O) groups excluding carboxylic acids is 2. The third kappa shape index (κ3) is 4.62. The standard InChI is InChI=1S/C24H24ClN3O2/c1-15(29)16-2-4-17(5-3-16)24(30)28-20-9-7-19(8-10-20)27-22-12-13-26-23-14-18(25)6-11-21(22)23/h2-6,11-14,19-20H,7-10H2,1H3,(H,26,27)(H,28,30)/t19-,20+. The van der Waals surface area contributed by atoms with Crippen LogP contribution in [0.25, 0.3) is 10.9 Å². The summed E-state index contributed by atoms with van der Waals surface area (Å²) in [7, 11) is 0. The Kier molecular flexibility index (Phi) is 6.00. The van der Waals surface area contributed by atoms with Gasteiger partial charge in [-0.1, -0.05) is 23.7 Å². The molecule has 4 rings (SSSR count). The Balaban J connectivity index is 1.33. The maximum atomic E-state index is 12.5. The highest BCUT2D eigenvalue weighted by Gasteiger charge is 2.23. The molecule has 2 aromatic carbocycles. The van der Waals surface area contributed by atoms with Crippen LogP contribution in [0, 0.1) is 0 Å². The van der Waals surface area contributed by atoms with Gasteiger partial charge >= 0.3 is 0 Å². The highest BCUT2D eigenvalue weighted by atomic mass is 35.5. The Morgan fingerprint density at radius 2 is 1.60 bits per heavy atom. The van der Waals surface area contributed by atoms with Crippen LogP contribution >= 0.6 is 11.6 Å². The van der Waals surface area contributed by atoms with Crippen LogP contribution in [0.1, 0.15) is 53.3 Å². The topological polar surface area (TPSA) is 71.1 Å². The summed E-state index contributed by atoms with van der Waals surface area (Å²) >= 11 is 6.08. The number of hydrogen-bond acceptors (Lipinski definition) is 4. The van der Waals surface area contributed by atoms with Crippen molar-refractivity contribution < 1.29 is 9.59 Å². The Labute approximate surface area is 180 Å². The van der Waals surface area contributed by atoms with E-state index in [1.165, 1.54) is 6.92 Å². The molecule has 30 heavy (non-hydrogen) atoms. The van der Waals surface area contributed by atoms with Crippen molar-refractivity contribution in [1.29, 1.82) is 0 Å². The van der Waals surface area contributed by atoms with Crippen molar-refractivity contribution in [2.45, 2.75) is 44.7 Å². The third-order valence-electron chi connectivity index (χ3n) is 5.68. The van der Waals surface area contributed by atoms with E-state index in [0.29, 0.717) is 22.2 Å². The summed E-state index contributed by atoms with van der Waals surface area (Å²) in [5.41, 5.74) is 3.14. The molecule has 5 nitrogen and oxygen atoms in total. The molecule has 1 fully saturated rings. The summed E-state index contributed by atoms with van der Waals surface area (Å²) in [5.74, 6) is -0.0867. The zero-order valence-electron chi connectivity index (χ0n) is 16.8. The maximum Gasteiger partial charge on any atom is 0.251 e. The highest BCUT2D eigenvalue weighted by molar-refractivity contribution is 6.31. The number of fused-ring (bicyclic) bond motifs is 1. The van der Waals surface area contributed by atoms with E-state index < -0.39 is 0 Å². The zero-order valence-corrected chi connectivity index (χ0v) is 17.6. The van der Waals surface area contributed by atoms with Gasteiger partial charge in [-0.05, 0) is 69.0 Å². The number of amides is 1. The number of carbonyl (C=O) groups is 2. The first-order valence-corrected chi connectivity index (χ1v) is 10.6. The number of hydrogen-bond donors (Lipinski definition) is 2. The van der Waals surface area contributed by atoms with Crippen molar-refractivity contribution in [3.05, 3.63) is 70.9 Å². The molecule has 0 spiro atoms. The van der Waals surface area contributed by atoms with Crippen molar-refractivity contribution in [2.24, 2.45) is 0 Å². The molecule has 0 atom stereocenters. The fourth-order valence-electron chi connectivity index (χ4n) is 3.97. The van der Waals surface area contributed by atoms with Crippen LogP contribution in [0.2, 0.25) is 5.02 Å². The van der Waals surface area contributed by atoms with E-state index in [1.807, 2.05) is 24.3 Å². The zero-order chi connectivity index (χ0) is 21.1. The minimum absolute atomic E-state index is 0.00199. The van der Waals surface area contributed by atoms with Crippen molar-refractivity contribution in [3.8, 4) is 0 Å². The van der Waals surface area contributed by atoms with E-state index >= 15 is 0 Å². The molecule has 6 heteroatoms. The average Bonchev–Trinajstić information content (AvgIpc) is 2.75. The highest BCUT2D eigenvalue weighted by Crippen LogP contribution is 2.28. The monoisotopic (exact) mass is 421 g/mol. The molecule has 154 valence electrons. The number of Topliss-reactive ketones (excluding diaryl/α,β-unsaturated/α-hetero) is 1. The van der Waals surface area contributed by atoms with Crippen LogP contribution in [-0.4, -0.2) is 28.8 Å². The van der Waals surface area contributed by atoms with Crippen molar-refractivity contribution >= 4 is 39.9 Å². The second-order valence-electron chi connectivity index (χ2n) is 7.82. The molecule has 0 radical (unpaired) electrons. The van der Waals surface area contributed by atoms with Crippen LogP contribution in [0.5, 0.6) is 0 Å². The molecule has 2 N–H and O–H groups in total. The number of anilines is 1. The van der Waals surface area contributed by atoms with Crippen molar-refractivity contribution in [1.82, 2.24) is 10.3 Å². The molecule has 1 heterocycles. The van der Waals surface area contributed by atoms with E-state index in [4.69, 9.17) is 11.6 Å². The summed E-state index contributed by atoms with van der Waals surface area (Å²) < 4.78 is 0. The van der Waals surface area contributed by atoms with Gasteiger partial charge in [0.25, 0.3) is 5.91 Å². The Morgan fingerprint density at radius 1 is 0.933 bits per heavy atom. The number of benzene rings is 2. The number of nitrogens with zero attached hydrogens (tertiary/aromatic N) is 1. The van der Waals surface area contributed by atoms with Crippen LogP contribution < -0.4 is 10.6 Å². The van der Waals surface area contributed by atoms with Crippen LogP contribution in [-0.2, 0) is 0 Å². The van der Waals surface area contributed by atoms with Crippen molar-refractivity contribution in [3.63, 3.8) is 0 Å². The Hall–Kier alpha value is -2.92. The van der Waals surface area contributed by atoms with E-state index in [1.54, 1.807) is 30.5 Å². The minimum Gasteiger partial charge on any atom is -0.382 e. The minimum atomic E-state index is -0.0847. The van der Waals surface area contributed by atoms with E-state index in [9.17, 15) is 9.59 Å². The first-order valence-electron chi connectivity index (χ1n) is 10.2. The molecule has 1 saturated carbocycles. The molecular weight excluding hydrogens is 398 g/mol. The maximum absolute atomic E-state index is 12.5. The molecule has 1 aliphatic carbocycles. The lowest BCUT2D eigenvalue weighted by Crippen LogP contribution is -2.40. The molecule has 3 aromatic rings. The fourth-order valence-corrected chi connectivity index (χ4v) is 4.14. The number of pyridine rings is 1. The van der Waals surface area contributed by atoms with Gasteiger partial charge in [-0.3, -0.25) is 14.6 Å². The van der Waals surface area contributed by atoms with Gasteiger partial charge in [0.15, 0.2) is 5.78 Å². The van der Waals surface area contributed by atoms with Gasteiger partial charge in [-0.25, -0.2) is 0 Å². The van der Waals surface area contributed by atoms with E-state index in [0.717, 1.165) is 42.3 Å². The summed E-state index contributed by atoms with van der Waals surface area (Å²) in [6.07, 6.45) is 5.59. The predicted octanol–water partition coefficient (Wildman–Crippen LogP) is 5.24. The van der Waals surface area contributed by atoms with Crippen molar-refractivity contribution in [2.75, 3.05) is 5.32 Å². The van der Waals surface area contributed by atoms with Crippen LogP contribution in [0.3, 0.4) is 0 Å². The molecule has 0 saturated heterocycles. The number of halogens is 1. The van der Waals surface area contributed by atoms with Gasteiger partial charge in [0.1, 0.15) is 0 Å². The van der Waals surface area contributed by atoms with Gasteiger partial charge in [0.2, 0.25) is 0 Å². The lowest BCUT2D eigenvalue weighted by Gasteiger charge is -2.30. The lowest BCUT2D eigenvalue weighted by atomic mass is 9.90. The van der Waals surface area contributed by atoms with Crippen LogP contribution in [0.4, 0.5) is 5.69 Å². The SMILES string of the molecule is CC(=O)c1ccc(C(=O)N[C@H]2CC[C@@H](Nc3ccnc4cc(Cl)ccc34)CC2)cc1. The quantitative estimate of drug-likeness (QED) is 0.552. The molecule has 1 aliphatic rings. The average molecular weight is 422 g/mol. The normalized spacial score (nSPS) is 18.7. The fraction of sp³-hybridized carbons (Fsp3) is 0.292. The predicted molar refractivity (Wildman–Crippen MR) is 120 cm³/mol. The second-order valence-corrected chi connectivity index (χ2v) is 8.26. The first-order chi connectivity index (χ1) is 14.5. The second kappa shape index (κ2) is 8.84. The Morgan fingerprint density at radius 3 is 2.30 bits per heavy atom. The van der Waals surface area contributed by atoms with Crippen LogP contribution in [0.15, 0.2) is 54.7 Å². The van der Waals surface area contributed by atoms with E-state index in [-0.39, 0.29) is 17.7 Å². The number of rotatable bonds is 5. The summed E-state index contributed by atoms with van der Waals surface area (Å²) in [6.45, 7) is 1.52. The van der Waals surface area contributed by atoms with E-state index in [2.05, 4.69) is 15.6 Å². The molecule has 1 aromatic heterocycles. The third-order valence-corrected chi connectivity index (χ3v) is 5.92. The summed E-state index contributed by atoms with van der Waals surface area (Å²) in [4.78, 5) is 28.3. The van der Waals surface area contributed by atoms with Gasteiger partial charge in [-0.2, -0.15) is 0 Å². The summed E-state index contributed by atoms with van der Waals surface area (Å²) in [5, 5.41) is 8.51. The largest absolute Gasteiger partial charge is 0.382 e. The van der Waals surface area contributed by atoms with Gasteiger partial charge in [0, 0.05) is 45.5 Å². The molecular formula is C24H24ClN3O2. The van der Waals surface area contributed by atoms with Gasteiger partial charge in [0.05, 0.1) is 5.52 Å². The number of nitrogens with one attached hydrogen (secondary N) is 2. The Bertz CT molecular complexity index is 1070. The lowest BCUT2D eigenvalue weighted by molar-refractivity contribution is 0.0925. The van der Waals surface area contributed by atoms with Gasteiger partial charge in [-0.15, -0.1) is 0 Å². The number of aromatic nitrogens is 1.